The molecule has 1 rings (SSSR count). The Morgan fingerprint density at radius 3 is 2.50 bits per heavy atom. The fourth-order valence-corrected chi connectivity index (χ4v) is 1.24. The van der Waals surface area contributed by atoms with E-state index in [9.17, 15) is 9.90 Å². The molecule has 0 aromatic carbocycles. The second kappa shape index (κ2) is 2.56. The molecular weight excluding hydrogens is 134 g/mol. The number of aliphatic hydroxyl groups is 1. The van der Waals surface area contributed by atoms with Crippen LogP contribution in [-0.4, -0.2) is 34.9 Å². The number of hydrogen-bond acceptors (Lipinski definition) is 2. The molecule has 1 aliphatic rings. The fourth-order valence-electron chi connectivity index (χ4n) is 1.24. The molecule has 4 heteroatoms. The zero-order valence-electron chi connectivity index (χ0n) is 5.82. The second-order valence-electron chi connectivity index (χ2n) is 2.80. The molecule has 0 radical (unpaired) electrons. The van der Waals surface area contributed by atoms with Crippen molar-refractivity contribution in [3.63, 3.8) is 0 Å². The van der Waals surface area contributed by atoms with Crippen LogP contribution in [-0.2, 0) is 4.79 Å². The fraction of sp³-hybridized carbons (Fsp3) is 0.833. The Morgan fingerprint density at radius 2 is 2.30 bits per heavy atom. The number of hydrogen-bond donors (Lipinski definition) is 3. The van der Waals surface area contributed by atoms with E-state index in [1.165, 1.54) is 0 Å². The minimum atomic E-state index is -0.920. The predicted octanol–water partition coefficient (Wildman–Crippen LogP) is -1.99. The zero-order valence-corrected chi connectivity index (χ0v) is 5.82. The Bertz CT molecular complexity index is 148. The van der Waals surface area contributed by atoms with Gasteiger partial charge in [-0.15, -0.1) is 0 Å². The van der Waals surface area contributed by atoms with Crippen LogP contribution in [0, 0.1) is 5.92 Å². The summed E-state index contributed by atoms with van der Waals surface area (Å²) in [5, 5.41) is 19.4. The van der Waals surface area contributed by atoms with Gasteiger partial charge in [-0.25, -0.2) is 4.79 Å². The number of rotatable bonds is 1. The molecular formula is C6H12NO3+. The van der Waals surface area contributed by atoms with Gasteiger partial charge in [-0.3, -0.25) is 0 Å². The first-order valence-corrected chi connectivity index (χ1v) is 3.37. The van der Waals surface area contributed by atoms with Gasteiger partial charge < -0.3 is 15.5 Å². The van der Waals surface area contributed by atoms with Crippen LogP contribution < -0.4 is 5.32 Å². The highest BCUT2D eigenvalue weighted by molar-refractivity contribution is 5.72. The monoisotopic (exact) mass is 146 g/mol. The maximum Gasteiger partial charge on any atom is 0.365 e. The van der Waals surface area contributed by atoms with Gasteiger partial charge >= 0.3 is 5.97 Å². The van der Waals surface area contributed by atoms with Gasteiger partial charge in [0, 0.05) is 5.92 Å². The van der Waals surface area contributed by atoms with E-state index in [-0.39, 0.29) is 5.92 Å². The molecule has 10 heavy (non-hydrogen) atoms. The highest BCUT2D eigenvalue weighted by Gasteiger charge is 2.40. The molecule has 1 fully saturated rings. The standard InChI is InChI=1S/C6H11NO3/c1-3-2-7-4(5(3)8)6(9)10/h3-5,7-8H,2H2,1H3,(H,9,10)/p+1/t3-,4-,5-/m0/s1. The van der Waals surface area contributed by atoms with Gasteiger partial charge in [0.05, 0.1) is 6.54 Å². The largest absolute Gasteiger partial charge is 0.477 e. The van der Waals surface area contributed by atoms with E-state index >= 15 is 0 Å². The Balaban J connectivity index is 2.57. The summed E-state index contributed by atoms with van der Waals surface area (Å²) in [6.45, 7) is 2.56. The van der Waals surface area contributed by atoms with Crippen LogP contribution in [0.2, 0.25) is 0 Å². The highest BCUT2D eigenvalue weighted by atomic mass is 16.4. The third-order valence-corrected chi connectivity index (χ3v) is 2.00. The predicted molar refractivity (Wildman–Crippen MR) is 33.4 cm³/mol. The third kappa shape index (κ3) is 1.12. The highest BCUT2D eigenvalue weighted by Crippen LogP contribution is 2.07. The average molecular weight is 146 g/mol. The van der Waals surface area contributed by atoms with Crippen molar-refractivity contribution in [2.75, 3.05) is 6.54 Å². The first-order chi connectivity index (χ1) is 4.63. The van der Waals surface area contributed by atoms with E-state index in [4.69, 9.17) is 5.11 Å². The molecule has 0 aromatic rings. The van der Waals surface area contributed by atoms with Gasteiger partial charge in [-0.05, 0) is 0 Å². The van der Waals surface area contributed by atoms with Crippen molar-refractivity contribution in [1.29, 1.82) is 0 Å². The lowest BCUT2D eigenvalue weighted by Gasteiger charge is -2.06. The van der Waals surface area contributed by atoms with E-state index in [1.807, 2.05) is 6.92 Å². The number of aliphatic hydroxyl groups excluding tert-OH is 1. The Morgan fingerprint density at radius 1 is 1.70 bits per heavy atom. The molecule has 0 saturated carbocycles. The second-order valence-corrected chi connectivity index (χ2v) is 2.80. The minimum absolute atomic E-state index is 0.0982. The van der Waals surface area contributed by atoms with E-state index in [0.29, 0.717) is 6.54 Å². The number of nitrogens with two attached hydrogens (primary N) is 1. The van der Waals surface area contributed by atoms with Crippen LogP contribution in [0.1, 0.15) is 6.92 Å². The lowest BCUT2D eigenvalue weighted by atomic mass is 10.0. The molecule has 4 nitrogen and oxygen atoms in total. The summed E-state index contributed by atoms with van der Waals surface area (Å²) < 4.78 is 0. The number of carbonyl (C=O) groups is 1. The van der Waals surface area contributed by atoms with E-state index in [1.54, 1.807) is 5.32 Å². The van der Waals surface area contributed by atoms with Crippen LogP contribution in [0.5, 0.6) is 0 Å². The van der Waals surface area contributed by atoms with Crippen LogP contribution in [0.4, 0.5) is 0 Å². The van der Waals surface area contributed by atoms with Crippen LogP contribution in [0.25, 0.3) is 0 Å². The first-order valence-electron chi connectivity index (χ1n) is 3.37. The van der Waals surface area contributed by atoms with Crippen molar-refractivity contribution in [2.24, 2.45) is 5.92 Å². The first kappa shape index (κ1) is 7.50. The van der Waals surface area contributed by atoms with Gasteiger partial charge in [0.15, 0.2) is 0 Å². The maximum atomic E-state index is 10.4. The Labute approximate surface area is 58.9 Å². The Hall–Kier alpha value is -0.610. The van der Waals surface area contributed by atoms with Crippen molar-refractivity contribution >= 4 is 5.97 Å². The summed E-state index contributed by atoms with van der Waals surface area (Å²) in [4.78, 5) is 10.4. The quantitative estimate of drug-likeness (QED) is 0.401. The SMILES string of the molecule is C[C@H]1C[NH2+][C@H](C(=O)O)[C@H]1O. The molecule has 0 aliphatic carbocycles. The van der Waals surface area contributed by atoms with E-state index in [2.05, 4.69) is 0 Å². The summed E-state index contributed by atoms with van der Waals surface area (Å²) in [5.41, 5.74) is 0. The van der Waals surface area contributed by atoms with E-state index < -0.39 is 18.1 Å². The number of carboxylic acids is 1. The smallest absolute Gasteiger partial charge is 0.365 e. The molecule has 4 N–H and O–H groups in total. The van der Waals surface area contributed by atoms with Crippen LogP contribution in [0.3, 0.4) is 0 Å². The molecule has 0 spiro atoms. The molecule has 1 saturated heterocycles. The van der Waals surface area contributed by atoms with Crippen molar-refractivity contribution < 1.29 is 20.3 Å². The topological polar surface area (TPSA) is 74.1 Å². The van der Waals surface area contributed by atoms with Crippen molar-refractivity contribution in [3.8, 4) is 0 Å². The maximum absolute atomic E-state index is 10.4. The molecule has 0 aromatic heterocycles. The minimum Gasteiger partial charge on any atom is -0.477 e. The van der Waals surface area contributed by atoms with E-state index in [0.717, 1.165) is 0 Å². The van der Waals surface area contributed by atoms with Crippen molar-refractivity contribution in [1.82, 2.24) is 0 Å². The van der Waals surface area contributed by atoms with Gasteiger partial charge in [-0.1, -0.05) is 6.92 Å². The van der Waals surface area contributed by atoms with Gasteiger partial charge in [0.1, 0.15) is 6.10 Å². The normalized spacial score (nSPS) is 40.0. The summed E-state index contributed by atoms with van der Waals surface area (Å²) in [6.07, 6.45) is -0.683. The lowest BCUT2D eigenvalue weighted by Crippen LogP contribution is -2.90. The molecule has 3 atom stereocenters. The summed E-state index contributed by atoms with van der Waals surface area (Å²) in [5.74, 6) is -0.821. The number of carboxylic acid groups (broad SMARTS) is 1. The molecule has 1 aliphatic heterocycles. The lowest BCUT2D eigenvalue weighted by molar-refractivity contribution is -0.663. The Kier molecular flexibility index (Phi) is 1.92. The molecule has 0 bridgehead atoms. The zero-order chi connectivity index (χ0) is 7.72. The van der Waals surface area contributed by atoms with Crippen LogP contribution >= 0.6 is 0 Å². The van der Waals surface area contributed by atoms with Crippen LogP contribution in [0.15, 0.2) is 0 Å². The van der Waals surface area contributed by atoms with Gasteiger partial charge in [0.2, 0.25) is 6.04 Å². The number of aliphatic carboxylic acids is 1. The van der Waals surface area contributed by atoms with Crippen molar-refractivity contribution in [2.45, 2.75) is 19.1 Å². The summed E-state index contributed by atoms with van der Waals surface area (Å²) in [7, 11) is 0. The summed E-state index contributed by atoms with van der Waals surface area (Å²) >= 11 is 0. The third-order valence-electron chi connectivity index (χ3n) is 2.00. The average Bonchev–Trinajstić information content (AvgIpc) is 2.14. The molecule has 0 amide bonds. The molecule has 58 valence electrons. The molecule has 0 unspecified atom stereocenters. The number of quaternary nitrogens is 1. The van der Waals surface area contributed by atoms with Gasteiger partial charge in [0.25, 0.3) is 0 Å². The van der Waals surface area contributed by atoms with Crippen molar-refractivity contribution in [3.05, 3.63) is 0 Å². The summed E-state index contributed by atoms with van der Waals surface area (Å²) in [6, 6.07) is -0.644. The van der Waals surface area contributed by atoms with Gasteiger partial charge in [-0.2, -0.15) is 0 Å². The molecule has 1 heterocycles.